The summed E-state index contributed by atoms with van der Waals surface area (Å²) in [5, 5.41) is 0. The summed E-state index contributed by atoms with van der Waals surface area (Å²) in [6.07, 6.45) is 23.2. The first-order valence-corrected chi connectivity index (χ1v) is 18.4. The lowest BCUT2D eigenvalue weighted by molar-refractivity contribution is -0.870. The quantitative estimate of drug-likeness (QED) is 0.0276. The lowest BCUT2D eigenvalue weighted by Gasteiger charge is -2.24. The molecule has 1 unspecified atom stereocenters. The van der Waals surface area contributed by atoms with Crippen LogP contribution in [0.25, 0.3) is 0 Å². The zero-order valence-corrected chi connectivity index (χ0v) is 29.1. The summed E-state index contributed by atoms with van der Waals surface area (Å²) in [7, 11) is 1.47. The first-order valence-electron chi connectivity index (χ1n) is 16.9. The minimum atomic E-state index is -4.35. The summed E-state index contributed by atoms with van der Waals surface area (Å²) in [6.45, 7) is 4.25. The number of carbonyl (C=O) groups is 2. The molecule has 0 radical (unpaired) electrons. The van der Waals surface area contributed by atoms with Gasteiger partial charge in [0.15, 0.2) is 6.10 Å². The minimum Gasteiger partial charge on any atom is -0.462 e. The number of unbranched alkanes of at least 4 members (excludes halogenated alkanes) is 14. The molecule has 0 aromatic rings. The number of hydrogen-bond acceptors (Lipinski definition) is 7. The van der Waals surface area contributed by atoms with Gasteiger partial charge in [-0.25, -0.2) is 4.57 Å². The van der Waals surface area contributed by atoms with Crippen LogP contribution in [0.2, 0.25) is 0 Å². The molecule has 10 heteroatoms. The lowest BCUT2D eigenvalue weighted by atomic mass is 10.1. The largest absolute Gasteiger partial charge is 0.472 e. The second-order valence-corrected chi connectivity index (χ2v) is 14.0. The molecule has 1 N–H and O–H groups in total. The zero-order valence-electron chi connectivity index (χ0n) is 28.2. The van der Waals surface area contributed by atoms with Crippen LogP contribution in [0.3, 0.4) is 0 Å². The summed E-state index contributed by atoms with van der Waals surface area (Å²) in [6, 6.07) is 0. The Balaban J connectivity index is 4.36. The molecule has 0 fully saturated rings. The molecule has 0 amide bonds. The Morgan fingerprint density at radius 1 is 0.698 bits per heavy atom. The molecule has 0 aliphatic rings. The van der Waals surface area contributed by atoms with E-state index in [4.69, 9.17) is 18.5 Å². The van der Waals surface area contributed by atoms with E-state index in [2.05, 4.69) is 26.0 Å². The molecule has 43 heavy (non-hydrogen) atoms. The van der Waals surface area contributed by atoms with Crippen LogP contribution in [0, 0.1) is 0 Å². The Labute approximate surface area is 263 Å². The predicted octanol–water partition coefficient (Wildman–Crippen LogP) is 8.29. The van der Waals surface area contributed by atoms with Crippen molar-refractivity contribution < 1.29 is 42.1 Å². The third-order valence-corrected chi connectivity index (χ3v) is 8.03. The summed E-state index contributed by atoms with van der Waals surface area (Å²) in [5.41, 5.74) is 0. The highest BCUT2D eigenvalue weighted by molar-refractivity contribution is 7.47. The number of allylic oxidation sites excluding steroid dienone is 2. The predicted molar refractivity (Wildman–Crippen MR) is 174 cm³/mol. The average molecular weight is 635 g/mol. The van der Waals surface area contributed by atoms with Gasteiger partial charge >= 0.3 is 19.8 Å². The summed E-state index contributed by atoms with van der Waals surface area (Å²) < 4.78 is 33.8. The van der Waals surface area contributed by atoms with Gasteiger partial charge in [0.05, 0.1) is 27.7 Å². The van der Waals surface area contributed by atoms with Crippen molar-refractivity contribution in [2.24, 2.45) is 0 Å². The number of quaternary nitrogens is 1. The van der Waals surface area contributed by atoms with Gasteiger partial charge in [-0.3, -0.25) is 18.6 Å². The van der Waals surface area contributed by atoms with Gasteiger partial charge in [-0.2, -0.15) is 0 Å². The molecular weight excluding hydrogens is 569 g/mol. The number of esters is 2. The standard InChI is InChI=1S/C33H64NO8P/c1-6-8-10-12-13-14-15-16-17-18-19-20-21-22-24-26-33(36)42-31(29-39-32(35)25-23-11-9-7-2)30-41-43(37,38)40-28-27-34(3,4)5/h16-17,31H,6-15,18-30H2,1-5H3/p+1/b17-16-/t31-/m0/s1. The van der Waals surface area contributed by atoms with Crippen molar-refractivity contribution in [3.63, 3.8) is 0 Å². The summed E-state index contributed by atoms with van der Waals surface area (Å²) in [4.78, 5) is 34.7. The Bertz CT molecular complexity index is 768. The van der Waals surface area contributed by atoms with Crippen molar-refractivity contribution in [3.05, 3.63) is 12.2 Å². The maximum absolute atomic E-state index is 12.5. The SMILES string of the molecule is CCCCCCCC/C=C\CCCCCCCC(=O)O[C@@H](COC(=O)CCCCCC)COP(=O)(O)OCC[N+](C)(C)C. The fourth-order valence-electron chi connectivity index (χ4n) is 4.30. The number of hydrogen-bond donors (Lipinski definition) is 1. The van der Waals surface area contributed by atoms with Gasteiger partial charge in [0, 0.05) is 12.8 Å². The van der Waals surface area contributed by atoms with E-state index < -0.39 is 26.5 Å². The Kier molecular flexibility index (Phi) is 26.3. The third kappa shape index (κ3) is 30.6. The van der Waals surface area contributed by atoms with Gasteiger partial charge in [-0.1, -0.05) is 96.6 Å². The average Bonchev–Trinajstić information content (AvgIpc) is 2.94. The van der Waals surface area contributed by atoms with Gasteiger partial charge in [-0.05, 0) is 38.5 Å². The second-order valence-electron chi connectivity index (χ2n) is 12.6. The monoisotopic (exact) mass is 634 g/mol. The van der Waals surface area contributed by atoms with Crippen LogP contribution >= 0.6 is 7.82 Å². The van der Waals surface area contributed by atoms with Crippen LogP contribution in [0.1, 0.15) is 136 Å². The molecule has 0 bridgehead atoms. The Morgan fingerprint density at radius 3 is 1.74 bits per heavy atom. The van der Waals surface area contributed by atoms with E-state index in [0.29, 0.717) is 17.4 Å². The first-order chi connectivity index (χ1) is 20.5. The summed E-state index contributed by atoms with van der Waals surface area (Å²) in [5.74, 6) is -0.829. The molecule has 0 aliphatic heterocycles. The van der Waals surface area contributed by atoms with Gasteiger partial charge in [0.1, 0.15) is 19.8 Å². The molecule has 0 aliphatic carbocycles. The number of carbonyl (C=O) groups excluding carboxylic acids is 2. The number of phosphoric ester groups is 1. The topological polar surface area (TPSA) is 108 Å². The van der Waals surface area contributed by atoms with Crippen molar-refractivity contribution in [1.82, 2.24) is 0 Å². The van der Waals surface area contributed by atoms with Gasteiger partial charge in [0.2, 0.25) is 0 Å². The van der Waals surface area contributed by atoms with Crippen molar-refractivity contribution in [2.45, 2.75) is 142 Å². The van der Waals surface area contributed by atoms with Crippen molar-refractivity contribution >= 4 is 19.8 Å². The van der Waals surface area contributed by atoms with E-state index in [1.54, 1.807) is 0 Å². The van der Waals surface area contributed by atoms with E-state index in [1.807, 2.05) is 21.1 Å². The first kappa shape index (κ1) is 41.8. The molecule has 0 aromatic carbocycles. The van der Waals surface area contributed by atoms with Crippen LogP contribution < -0.4 is 0 Å². The molecule has 0 aromatic heterocycles. The van der Waals surface area contributed by atoms with Gasteiger partial charge in [0.25, 0.3) is 0 Å². The number of phosphoric acid groups is 1. The van der Waals surface area contributed by atoms with Gasteiger partial charge in [-0.15, -0.1) is 0 Å². The molecule has 0 spiro atoms. The number of likely N-dealkylation sites (N-methyl/N-ethyl adjacent to an activating group) is 1. The van der Waals surface area contributed by atoms with Crippen molar-refractivity contribution in [2.75, 3.05) is 47.5 Å². The number of rotatable bonds is 30. The van der Waals surface area contributed by atoms with Crippen LogP contribution in [0.15, 0.2) is 12.2 Å². The number of ether oxygens (including phenoxy) is 2. The fraction of sp³-hybridized carbons (Fsp3) is 0.879. The Hall–Kier alpha value is -1.25. The van der Waals surface area contributed by atoms with Crippen LogP contribution in [0.4, 0.5) is 0 Å². The molecule has 0 rings (SSSR count). The molecule has 0 saturated carbocycles. The number of nitrogens with zero attached hydrogens (tertiary/aromatic N) is 1. The highest BCUT2D eigenvalue weighted by Gasteiger charge is 2.27. The molecular formula is C33H65NO8P+. The Morgan fingerprint density at radius 2 is 1.19 bits per heavy atom. The maximum atomic E-state index is 12.5. The molecule has 9 nitrogen and oxygen atoms in total. The van der Waals surface area contributed by atoms with Crippen LogP contribution in [-0.2, 0) is 32.7 Å². The van der Waals surface area contributed by atoms with E-state index in [1.165, 1.54) is 44.9 Å². The normalized spacial score (nSPS) is 14.1. The highest BCUT2D eigenvalue weighted by atomic mass is 31.2. The molecule has 2 atom stereocenters. The fourth-order valence-corrected chi connectivity index (χ4v) is 5.04. The second kappa shape index (κ2) is 27.1. The van der Waals surface area contributed by atoms with Crippen molar-refractivity contribution in [1.29, 1.82) is 0 Å². The molecule has 254 valence electrons. The van der Waals surface area contributed by atoms with E-state index >= 15 is 0 Å². The van der Waals surface area contributed by atoms with Crippen LogP contribution in [0.5, 0.6) is 0 Å². The lowest BCUT2D eigenvalue weighted by Crippen LogP contribution is -2.37. The van der Waals surface area contributed by atoms with Gasteiger partial charge < -0.3 is 18.9 Å². The third-order valence-electron chi connectivity index (χ3n) is 7.05. The zero-order chi connectivity index (χ0) is 32.2. The van der Waals surface area contributed by atoms with E-state index in [0.717, 1.165) is 57.8 Å². The minimum absolute atomic E-state index is 0.0317. The summed E-state index contributed by atoms with van der Waals surface area (Å²) >= 11 is 0. The molecule has 0 saturated heterocycles. The van der Waals surface area contributed by atoms with E-state index in [-0.39, 0.29) is 32.0 Å². The van der Waals surface area contributed by atoms with E-state index in [9.17, 15) is 19.0 Å². The smallest absolute Gasteiger partial charge is 0.462 e. The van der Waals surface area contributed by atoms with Crippen LogP contribution in [-0.4, -0.2) is 74.9 Å². The van der Waals surface area contributed by atoms with Crippen molar-refractivity contribution in [3.8, 4) is 0 Å². The highest BCUT2D eigenvalue weighted by Crippen LogP contribution is 2.43. The maximum Gasteiger partial charge on any atom is 0.472 e. The molecule has 0 heterocycles.